The molecule has 0 saturated heterocycles. The number of sulfonamides is 1. The van der Waals surface area contributed by atoms with Crippen LogP contribution in [0.3, 0.4) is 0 Å². The SMILES string of the molecule is Cc1cc(C)n(-c2ccc(C(=O)Nc3cc(S(N)(=O)=O)cc(C)c3C)cc2)n1. The normalized spacial score (nSPS) is 11.5. The number of aromatic nitrogens is 2. The minimum atomic E-state index is -3.86. The predicted octanol–water partition coefficient (Wildman–Crippen LogP) is 3.01. The first-order valence-corrected chi connectivity index (χ1v) is 10.2. The molecular weight excluding hydrogens is 376 g/mol. The molecule has 1 amide bonds. The molecule has 1 heterocycles. The van der Waals surface area contributed by atoms with E-state index in [2.05, 4.69) is 10.4 Å². The molecule has 0 aliphatic carbocycles. The van der Waals surface area contributed by atoms with E-state index in [1.165, 1.54) is 12.1 Å². The Kier molecular flexibility index (Phi) is 5.10. The quantitative estimate of drug-likeness (QED) is 0.704. The van der Waals surface area contributed by atoms with Crippen LogP contribution in [0.5, 0.6) is 0 Å². The Labute approximate surface area is 164 Å². The van der Waals surface area contributed by atoms with Crippen molar-refractivity contribution in [2.45, 2.75) is 32.6 Å². The van der Waals surface area contributed by atoms with E-state index in [4.69, 9.17) is 5.14 Å². The number of nitrogens with one attached hydrogen (secondary N) is 1. The molecule has 0 spiro atoms. The molecule has 0 bridgehead atoms. The van der Waals surface area contributed by atoms with E-state index >= 15 is 0 Å². The van der Waals surface area contributed by atoms with Crippen molar-refractivity contribution in [3.63, 3.8) is 0 Å². The van der Waals surface area contributed by atoms with Gasteiger partial charge in [-0.1, -0.05) is 0 Å². The van der Waals surface area contributed by atoms with Crippen molar-refractivity contribution in [3.8, 4) is 5.69 Å². The Balaban J connectivity index is 1.88. The van der Waals surface area contributed by atoms with Crippen LogP contribution in [0, 0.1) is 27.7 Å². The van der Waals surface area contributed by atoms with Gasteiger partial charge in [0.05, 0.1) is 16.3 Å². The first-order chi connectivity index (χ1) is 13.1. The van der Waals surface area contributed by atoms with Gasteiger partial charge in [0.2, 0.25) is 10.0 Å². The average Bonchev–Trinajstić information content (AvgIpc) is 2.96. The maximum atomic E-state index is 12.6. The van der Waals surface area contributed by atoms with Crippen LogP contribution >= 0.6 is 0 Å². The highest BCUT2D eigenvalue weighted by Crippen LogP contribution is 2.24. The number of nitrogens with zero attached hydrogens (tertiary/aromatic N) is 2. The zero-order valence-corrected chi connectivity index (χ0v) is 17.0. The molecule has 146 valence electrons. The molecular formula is C20H22N4O3S. The highest BCUT2D eigenvalue weighted by Gasteiger charge is 2.15. The number of primary sulfonamides is 1. The summed E-state index contributed by atoms with van der Waals surface area (Å²) in [7, 11) is -3.86. The van der Waals surface area contributed by atoms with Gasteiger partial charge in [-0.15, -0.1) is 0 Å². The predicted molar refractivity (Wildman–Crippen MR) is 108 cm³/mol. The van der Waals surface area contributed by atoms with Crippen LogP contribution < -0.4 is 10.5 Å². The smallest absolute Gasteiger partial charge is 0.255 e. The van der Waals surface area contributed by atoms with Gasteiger partial charge in [0.15, 0.2) is 0 Å². The summed E-state index contributed by atoms with van der Waals surface area (Å²) in [5.74, 6) is -0.339. The van der Waals surface area contributed by atoms with Gasteiger partial charge in [-0.05, 0) is 81.3 Å². The lowest BCUT2D eigenvalue weighted by Gasteiger charge is -2.13. The van der Waals surface area contributed by atoms with E-state index in [1.54, 1.807) is 23.7 Å². The lowest BCUT2D eigenvalue weighted by atomic mass is 10.1. The first-order valence-electron chi connectivity index (χ1n) is 8.65. The summed E-state index contributed by atoms with van der Waals surface area (Å²) in [6, 6.07) is 11.9. The Hall–Kier alpha value is -2.97. The topological polar surface area (TPSA) is 107 Å². The highest BCUT2D eigenvalue weighted by atomic mass is 32.2. The van der Waals surface area contributed by atoms with Gasteiger partial charge in [0.25, 0.3) is 5.91 Å². The number of hydrogen-bond donors (Lipinski definition) is 2. The fourth-order valence-corrected chi connectivity index (χ4v) is 3.58. The van der Waals surface area contributed by atoms with Crippen LogP contribution in [0.25, 0.3) is 5.69 Å². The molecule has 3 rings (SSSR count). The van der Waals surface area contributed by atoms with Crippen LogP contribution in [-0.4, -0.2) is 24.1 Å². The molecule has 0 aliphatic rings. The van der Waals surface area contributed by atoms with Gasteiger partial charge in [-0.2, -0.15) is 5.10 Å². The second-order valence-corrected chi connectivity index (χ2v) is 8.36. The number of rotatable bonds is 4. The van der Waals surface area contributed by atoms with Crippen molar-refractivity contribution in [2.75, 3.05) is 5.32 Å². The van der Waals surface area contributed by atoms with Gasteiger partial charge >= 0.3 is 0 Å². The second kappa shape index (κ2) is 7.21. The third-order valence-corrected chi connectivity index (χ3v) is 5.49. The number of carbonyl (C=O) groups excluding carboxylic acids is 1. The van der Waals surface area contributed by atoms with Gasteiger partial charge in [-0.25, -0.2) is 18.2 Å². The van der Waals surface area contributed by atoms with E-state index in [0.29, 0.717) is 11.3 Å². The molecule has 8 heteroatoms. The van der Waals surface area contributed by atoms with Gasteiger partial charge in [0, 0.05) is 16.9 Å². The molecule has 0 saturated carbocycles. The van der Waals surface area contributed by atoms with E-state index < -0.39 is 10.0 Å². The van der Waals surface area contributed by atoms with Crippen molar-refractivity contribution in [3.05, 3.63) is 70.5 Å². The van der Waals surface area contributed by atoms with E-state index in [0.717, 1.165) is 28.2 Å². The molecule has 0 aliphatic heterocycles. The molecule has 1 aromatic heterocycles. The van der Waals surface area contributed by atoms with E-state index in [9.17, 15) is 13.2 Å². The van der Waals surface area contributed by atoms with Crippen LogP contribution in [0.1, 0.15) is 32.9 Å². The maximum Gasteiger partial charge on any atom is 0.255 e. The summed E-state index contributed by atoms with van der Waals surface area (Å²) < 4.78 is 25.1. The summed E-state index contributed by atoms with van der Waals surface area (Å²) in [5, 5.41) is 12.4. The summed E-state index contributed by atoms with van der Waals surface area (Å²) in [5.41, 5.74) is 5.13. The number of anilines is 1. The molecule has 7 nitrogen and oxygen atoms in total. The zero-order chi connectivity index (χ0) is 20.6. The minimum Gasteiger partial charge on any atom is -0.322 e. The van der Waals surface area contributed by atoms with Gasteiger partial charge in [0.1, 0.15) is 0 Å². The minimum absolute atomic E-state index is 0.0363. The number of amides is 1. The Morgan fingerprint density at radius 1 is 1.04 bits per heavy atom. The fraction of sp³-hybridized carbons (Fsp3) is 0.200. The third kappa shape index (κ3) is 3.97. The molecule has 0 radical (unpaired) electrons. The van der Waals surface area contributed by atoms with E-state index in [1.807, 2.05) is 39.0 Å². The third-order valence-electron chi connectivity index (χ3n) is 4.60. The van der Waals surface area contributed by atoms with Crippen molar-refractivity contribution in [1.29, 1.82) is 0 Å². The van der Waals surface area contributed by atoms with Crippen LogP contribution in [0.15, 0.2) is 47.4 Å². The summed E-state index contributed by atoms with van der Waals surface area (Å²) in [6.45, 7) is 7.46. The fourth-order valence-electron chi connectivity index (χ4n) is 2.96. The Bertz CT molecular complexity index is 1160. The monoisotopic (exact) mass is 398 g/mol. The lowest BCUT2D eigenvalue weighted by Crippen LogP contribution is -2.16. The van der Waals surface area contributed by atoms with Crippen molar-refractivity contribution >= 4 is 21.6 Å². The van der Waals surface area contributed by atoms with Crippen molar-refractivity contribution in [1.82, 2.24) is 9.78 Å². The van der Waals surface area contributed by atoms with Crippen LogP contribution in [0.2, 0.25) is 0 Å². The molecule has 3 aromatic rings. The summed E-state index contributed by atoms with van der Waals surface area (Å²) in [6.07, 6.45) is 0. The van der Waals surface area contributed by atoms with Gasteiger partial charge in [-0.3, -0.25) is 4.79 Å². The maximum absolute atomic E-state index is 12.6. The second-order valence-electron chi connectivity index (χ2n) is 6.80. The van der Waals surface area contributed by atoms with Gasteiger partial charge < -0.3 is 5.32 Å². The highest BCUT2D eigenvalue weighted by molar-refractivity contribution is 7.89. The Morgan fingerprint density at radius 3 is 2.21 bits per heavy atom. The molecule has 0 unspecified atom stereocenters. The lowest BCUT2D eigenvalue weighted by molar-refractivity contribution is 0.102. The number of benzene rings is 2. The van der Waals surface area contributed by atoms with E-state index in [-0.39, 0.29) is 10.8 Å². The number of nitrogens with two attached hydrogens (primary N) is 1. The van der Waals surface area contributed by atoms with Crippen LogP contribution in [0.4, 0.5) is 5.69 Å². The summed E-state index contributed by atoms with van der Waals surface area (Å²) >= 11 is 0. The Morgan fingerprint density at radius 2 is 1.68 bits per heavy atom. The molecule has 2 aromatic carbocycles. The number of carbonyl (C=O) groups is 1. The molecule has 3 N–H and O–H groups in total. The molecule has 0 atom stereocenters. The average molecular weight is 398 g/mol. The van der Waals surface area contributed by atoms with Crippen molar-refractivity contribution < 1.29 is 13.2 Å². The molecule has 0 fully saturated rings. The standard InChI is InChI=1S/C20H22N4O3S/c1-12-9-18(28(21,26)27)11-19(15(12)4)22-20(25)16-5-7-17(8-6-16)24-14(3)10-13(2)23-24/h5-11H,1-4H3,(H,22,25)(H2,21,26,27). The number of hydrogen-bond acceptors (Lipinski definition) is 4. The van der Waals surface area contributed by atoms with Crippen molar-refractivity contribution in [2.24, 2.45) is 5.14 Å². The molecule has 28 heavy (non-hydrogen) atoms. The number of aryl methyl sites for hydroxylation is 3. The summed E-state index contributed by atoms with van der Waals surface area (Å²) in [4.78, 5) is 12.6. The van der Waals surface area contributed by atoms with Crippen LogP contribution in [-0.2, 0) is 10.0 Å². The largest absolute Gasteiger partial charge is 0.322 e. The first kappa shape index (κ1) is 19.8. The zero-order valence-electron chi connectivity index (χ0n) is 16.1.